The van der Waals surface area contributed by atoms with Gasteiger partial charge in [-0.25, -0.2) is 0 Å². The maximum Gasteiger partial charge on any atom is 0.0399 e. The maximum absolute atomic E-state index is 5.90. The highest BCUT2D eigenvalue weighted by Gasteiger charge is 2.14. The maximum atomic E-state index is 5.90. The van der Waals surface area contributed by atoms with E-state index in [9.17, 15) is 0 Å². The highest BCUT2D eigenvalue weighted by atomic mass is 14.2. The van der Waals surface area contributed by atoms with Crippen LogP contribution in [0.5, 0.6) is 0 Å². The summed E-state index contributed by atoms with van der Waals surface area (Å²) >= 11 is 0. The molecule has 0 saturated carbocycles. The molecule has 0 aromatic heterocycles. The molecule has 0 unspecified atom stereocenters. The van der Waals surface area contributed by atoms with Crippen LogP contribution in [0.1, 0.15) is 5.56 Å². The summed E-state index contributed by atoms with van der Waals surface area (Å²) in [7, 11) is 0. The van der Waals surface area contributed by atoms with Crippen LogP contribution in [0.25, 0.3) is 43.4 Å². The van der Waals surface area contributed by atoms with E-state index in [1.54, 1.807) is 0 Å². The average Bonchev–Trinajstić information content (AvgIpc) is 2.71. The molecule has 0 atom stereocenters. The molecule has 0 radical (unpaired) electrons. The molecule has 0 heterocycles. The first-order valence-electron chi connectivity index (χ1n) is 8.76. The van der Waals surface area contributed by atoms with Crippen molar-refractivity contribution in [1.82, 2.24) is 0 Å². The van der Waals surface area contributed by atoms with Crippen LogP contribution < -0.4 is 0 Å². The van der Waals surface area contributed by atoms with Gasteiger partial charge in [0.15, 0.2) is 0 Å². The lowest BCUT2D eigenvalue weighted by atomic mass is 9.88. The third-order valence-electron chi connectivity index (χ3n) is 5.11. The highest BCUT2D eigenvalue weighted by molar-refractivity contribution is 6.16. The Hall–Kier alpha value is -3.56. The summed E-state index contributed by atoms with van der Waals surface area (Å²) in [6.07, 6.45) is 5.90. The lowest BCUT2D eigenvalue weighted by Crippen LogP contribution is -1.90. The van der Waals surface area contributed by atoms with E-state index in [1.807, 2.05) is 0 Å². The van der Waals surface area contributed by atoms with Gasteiger partial charge in [0.25, 0.3) is 0 Å². The molecular formula is C26H16. The Bertz CT molecular complexity index is 1280. The zero-order valence-electron chi connectivity index (χ0n) is 14.2. The van der Waals surface area contributed by atoms with Crippen molar-refractivity contribution in [1.29, 1.82) is 0 Å². The zero-order valence-corrected chi connectivity index (χ0v) is 14.2. The molecule has 26 heavy (non-hydrogen) atoms. The second-order valence-electron chi connectivity index (χ2n) is 6.55. The van der Waals surface area contributed by atoms with Gasteiger partial charge in [0.1, 0.15) is 0 Å². The van der Waals surface area contributed by atoms with Crippen molar-refractivity contribution in [2.24, 2.45) is 0 Å². The molecule has 120 valence electrons. The first-order valence-corrected chi connectivity index (χ1v) is 8.76. The van der Waals surface area contributed by atoms with Crippen molar-refractivity contribution >= 4 is 32.3 Å². The molecule has 0 amide bonds. The molecule has 5 aromatic rings. The lowest BCUT2D eigenvalue weighted by Gasteiger charge is -2.15. The average molecular weight is 328 g/mol. The molecule has 0 spiro atoms. The minimum absolute atomic E-state index is 0.973. The summed E-state index contributed by atoms with van der Waals surface area (Å²) < 4.78 is 0. The quantitative estimate of drug-likeness (QED) is 0.235. The number of hydrogen-bond donors (Lipinski definition) is 0. The highest BCUT2D eigenvalue weighted by Crippen LogP contribution is 2.39. The van der Waals surface area contributed by atoms with E-state index >= 15 is 0 Å². The van der Waals surface area contributed by atoms with Crippen LogP contribution in [-0.4, -0.2) is 0 Å². The zero-order chi connectivity index (χ0) is 17.5. The van der Waals surface area contributed by atoms with Crippen molar-refractivity contribution in [3.8, 4) is 23.5 Å². The van der Waals surface area contributed by atoms with Gasteiger partial charge < -0.3 is 0 Å². The number of hydrogen-bond acceptors (Lipinski definition) is 0. The Labute approximate surface area is 152 Å². The molecule has 0 aliphatic carbocycles. The van der Waals surface area contributed by atoms with Gasteiger partial charge in [0.05, 0.1) is 0 Å². The summed E-state index contributed by atoms with van der Waals surface area (Å²) in [5, 5.41) is 7.18. The molecular weight excluding hydrogens is 312 g/mol. The van der Waals surface area contributed by atoms with Crippen molar-refractivity contribution in [2.45, 2.75) is 0 Å². The van der Waals surface area contributed by atoms with Gasteiger partial charge >= 0.3 is 0 Å². The number of terminal acetylenes is 1. The molecule has 0 fully saturated rings. The van der Waals surface area contributed by atoms with Crippen LogP contribution in [0.4, 0.5) is 0 Å². The van der Waals surface area contributed by atoms with Crippen LogP contribution in [0, 0.1) is 12.3 Å². The summed E-state index contributed by atoms with van der Waals surface area (Å²) in [6, 6.07) is 32.1. The monoisotopic (exact) mass is 328 g/mol. The van der Waals surface area contributed by atoms with Crippen LogP contribution in [0.2, 0.25) is 0 Å². The number of fused-ring (bicyclic) bond motifs is 3. The predicted molar refractivity (Wildman–Crippen MR) is 112 cm³/mol. The first kappa shape index (κ1) is 14.8. The van der Waals surface area contributed by atoms with Crippen LogP contribution in [0.15, 0.2) is 91.0 Å². The van der Waals surface area contributed by atoms with Gasteiger partial charge in [-0.2, -0.15) is 0 Å². The van der Waals surface area contributed by atoms with E-state index in [0.717, 1.165) is 16.3 Å². The Morgan fingerprint density at radius 1 is 0.538 bits per heavy atom. The molecule has 0 aliphatic rings. The van der Waals surface area contributed by atoms with Gasteiger partial charge in [-0.15, -0.1) is 6.42 Å². The van der Waals surface area contributed by atoms with Gasteiger partial charge in [-0.3, -0.25) is 0 Å². The molecule has 0 saturated heterocycles. The molecule has 0 N–H and O–H groups in total. The SMILES string of the molecule is C#Cc1c2ccccc2c(-c2ccc3ccccc3c2)c2ccccc12. The van der Waals surface area contributed by atoms with Crippen molar-refractivity contribution in [2.75, 3.05) is 0 Å². The molecule has 5 rings (SSSR count). The third kappa shape index (κ3) is 2.11. The Kier molecular flexibility index (Phi) is 3.27. The van der Waals surface area contributed by atoms with Crippen molar-refractivity contribution in [3.05, 3.63) is 96.6 Å². The van der Waals surface area contributed by atoms with E-state index in [0.29, 0.717) is 0 Å². The van der Waals surface area contributed by atoms with E-state index < -0.39 is 0 Å². The smallest absolute Gasteiger partial charge is 0.0399 e. The Balaban J connectivity index is 1.99. The summed E-state index contributed by atoms with van der Waals surface area (Å²) in [4.78, 5) is 0. The third-order valence-corrected chi connectivity index (χ3v) is 5.11. The predicted octanol–water partition coefficient (Wildman–Crippen LogP) is 6.79. The fourth-order valence-electron chi connectivity index (χ4n) is 3.94. The molecule has 0 nitrogen and oxygen atoms in total. The normalized spacial score (nSPS) is 11.0. The molecule has 0 bridgehead atoms. The lowest BCUT2D eigenvalue weighted by molar-refractivity contribution is 1.69. The summed E-state index contributed by atoms with van der Waals surface area (Å²) in [6.45, 7) is 0. The second-order valence-corrected chi connectivity index (χ2v) is 6.55. The van der Waals surface area contributed by atoms with E-state index in [1.165, 1.54) is 32.7 Å². The van der Waals surface area contributed by atoms with Crippen LogP contribution in [0.3, 0.4) is 0 Å². The minimum atomic E-state index is 0.973. The molecule has 5 aromatic carbocycles. The summed E-state index contributed by atoms with van der Waals surface area (Å²) in [5.41, 5.74) is 3.45. The number of benzene rings is 5. The van der Waals surface area contributed by atoms with E-state index in [2.05, 4.69) is 96.9 Å². The topological polar surface area (TPSA) is 0 Å². The van der Waals surface area contributed by atoms with Crippen molar-refractivity contribution in [3.63, 3.8) is 0 Å². The van der Waals surface area contributed by atoms with Crippen molar-refractivity contribution < 1.29 is 0 Å². The number of rotatable bonds is 1. The minimum Gasteiger partial charge on any atom is -0.115 e. The van der Waals surface area contributed by atoms with Gasteiger partial charge in [-0.1, -0.05) is 90.8 Å². The molecule has 0 aliphatic heterocycles. The largest absolute Gasteiger partial charge is 0.115 e. The van der Waals surface area contributed by atoms with Gasteiger partial charge in [0, 0.05) is 5.56 Å². The standard InChI is InChI=1S/C26H16/c1-2-21-22-11-5-7-13-24(22)26(25-14-8-6-12-23(21)25)20-16-15-18-9-3-4-10-19(18)17-20/h1,3-17H. The second kappa shape index (κ2) is 5.76. The van der Waals surface area contributed by atoms with Crippen LogP contribution in [-0.2, 0) is 0 Å². The van der Waals surface area contributed by atoms with E-state index in [4.69, 9.17) is 6.42 Å². The summed E-state index contributed by atoms with van der Waals surface area (Å²) in [5.74, 6) is 2.92. The molecule has 0 heteroatoms. The van der Waals surface area contributed by atoms with Crippen LogP contribution >= 0.6 is 0 Å². The van der Waals surface area contributed by atoms with Gasteiger partial charge in [-0.05, 0) is 49.5 Å². The fourth-order valence-corrected chi connectivity index (χ4v) is 3.94. The fraction of sp³-hybridized carbons (Fsp3) is 0. The first-order chi connectivity index (χ1) is 12.9. The Morgan fingerprint density at radius 2 is 1.08 bits per heavy atom. The van der Waals surface area contributed by atoms with E-state index in [-0.39, 0.29) is 0 Å². The Morgan fingerprint density at radius 3 is 1.69 bits per heavy atom. The van der Waals surface area contributed by atoms with Gasteiger partial charge in [0.2, 0.25) is 0 Å².